The summed E-state index contributed by atoms with van der Waals surface area (Å²) in [7, 11) is 3.26. The zero-order valence-electron chi connectivity index (χ0n) is 41.1. The lowest BCUT2D eigenvalue weighted by molar-refractivity contribution is -0.143. The number of carbonyl (C=O) groups is 4. The zero-order chi connectivity index (χ0) is 50.3. The third kappa shape index (κ3) is 12.9. The molecule has 2 saturated carbocycles. The molecule has 71 heavy (non-hydrogen) atoms. The Morgan fingerprint density at radius 3 is 2.49 bits per heavy atom. The van der Waals surface area contributed by atoms with Crippen LogP contribution in [0.2, 0.25) is 5.02 Å². The molecule has 4 fully saturated rings. The van der Waals surface area contributed by atoms with Crippen molar-refractivity contribution in [1.29, 1.82) is 0 Å². The van der Waals surface area contributed by atoms with Crippen molar-refractivity contribution in [3.63, 3.8) is 0 Å². The maximum absolute atomic E-state index is 15.1. The molecule has 4 amide bonds. The minimum Gasteiger partial charge on any atom is -0.495 e. The lowest BCUT2D eigenvalue weighted by Crippen LogP contribution is -2.61. The first kappa shape index (κ1) is 52.2. The quantitative estimate of drug-likeness (QED) is 0.0671. The number of hydrogen-bond donors (Lipinski definition) is 4. The Balaban J connectivity index is 0.786. The van der Waals surface area contributed by atoms with Crippen molar-refractivity contribution in [2.24, 2.45) is 11.8 Å². The minimum absolute atomic E-state index is 0.130. The molecule has 3 atom stereocenters. The van der Waals surface area contributed by atoms with Crippen LogP contribution in [0.5, 0.6) is 5.75 Å². The second-order valence-electron chi connectivity index (χ2n) is 19.5. The van der Waals surface area contributed by atoms with E-state index >= 15 is 4.39 Å². The van der Waals surface area contributed by atoms with Crippen molar-refractivity contribution in [3.05, 3.63) is 76.0 Å². The second kappa shape index (κ2) is 23.2. The molecule has 20 heteroatoms. The minimum atomic E-state index is -1.95. The van der Waals surface area contributed by atoms with E-state index in [1.54, 1.807) is 58.1 Å². The van der Waals surface area contributed by atoms with Gasteiger partial charge in [0.25, 0.3) is 11.8 Å². The summed E-state index contributed by atoms with van der Waals surface area (Å²) in [6.45, 7) is 8.78. The number of ether oxygens (including phenoxy) is 3. The van der Waals surface area contributed by atoms with Crippen LogP contribution in [0.4, 0.5) is 21.8 Å². The van der Waals surface area contributed by atoms with Gasteiger partial charge in [0.15, 0.2) is 5.67 Å². The number of rotatable bonds is 20. The number of nitrogens with zero attached hydrogens (tertiary/aromatic N) is 5. The molecule has 2 aliphatic heterocycles. The number of thiazole rings is 1. The summed E-state index contributed by atoms with van der Waals surface area (Å²) in [4.78, 5) is 72.5. The molecule has 2 aliphatic carbocycles. The summed E-state index contributed by atoms with van der Waals surface area (Å²) in [5.74, 6) is 1.32. The van der Waals surface area contributed by atoms with E-state index in [9.17, 15) is 19.2 Å². The largest absolute Gasteiger partial charge is 0.495 e. The van der Waals surface area contributed by atoms with Gasteiger partial charge in [-0.25, -0.2) is 14.4 Å². The standard InChI is InChI=1S/C51H65ClFN9O7S2/c1-31-42(70-30-57-31)35-14-12-32(13-15-35)24-55-45(63)40-7-6-20-62(40)47(65)43(59-48(66)51(53)18-19-51)50(2,3)71-29-34-10-8-33(9-11-34)27-68-28-37-26-61(21-22-69-37)46(64)36-16-17-39(41(23-36)67-5)58-49-56-25-38(52)44(54-4)60-49/h12-17,23,25,30,33-34,37,40,43H,6-11,18-22,24,26-29H2,1-5H3,(H,55,63)(H,59,66)(H2,54,56,58,60)/t33?,34?,37-,40+,43-/m1/s1. The number of hydrogen-bond acceptors (Lipinski definition) is 14. The molecule has 16 nitrogen and oxygen atoms in total. The highest BCUT2D eigenvalue weighted by Gasteiger charge is 2.54. The Kier molecular flexibility index (Phi) is 17.1. The van der Waals surface area contributed by atoms with Gasteiger partial charge in [-0.1, -0.05) is 35.9 Å². The number of alkyl halides is 1. The summed E-state index contributed by atoms with van der Waals surface area (Å²) in [5, 5.41) is 12.3. The summed E-state index contributed by atoms with van der Waals surface area (Å²) in [6.07, 6.45) is 6.62. The molecule has 0 bridgehead atoms. The number of aryl methyl sites for hydroxylation is 1. The number of morpholine rings is 1. The molecule has 4 heterocycles. The Morgan fingerprint density at radius 1 is 1.03 bits per heavy atom. The topological polar surface area (TPSA) is 189 Å². The number of methoxy groups -OCH3 is 1. The van der Waals surface area contributed by atoms with E-state index in [2.05, 4.69) is 36.2 Å². The average Bonchev–Trinajstić information content (AvgIpc) is 3.70. The van der Waals surface area contributed by atoms with Crippen LogP contribution in [0.25, 0.3) is 10.4 Å². The Bertz CT molecular complexity index is 2520. The third-order valence-corrected chi connectivity index (χ3v) is 16.9. The van der Waals surface area contributed by atoms with E-state index in [0.29, 0.717) is 104 Å². The summed E-state index contributed by atoms with van der Waals surface area (Å²) < 4.78 is 32.2. The number of anilines is 3. The van der Waals surface area contributed by atoms with Gasteiger partial charge in [-0.05, 0) is 119 Å². The van der Waals surface area contributed by atoms with Gasteiger partial charge < -0.3 is 45.3 Å². The van der Waals surface area contributed by atoms with Crippen LogP contribution in [0, 0.1) is 18.8 Å². The molecule has 0 unspecified atom stereocenters. The van der Waals surface area contributed by atoms with Crippen LogP contribution in [0.1, 0.15) is 86.8 Å². The first-order valence-electron chi connectivity index (χ1n) is 24.5. The molecule has 4 N–H and O–H groups in total. The Labute approximate surface area is 428 Å². The Hall–Kier alpha value is -5.08. The van der Waals surface area contributed by atoms with Gasteiger partial charge in [-0.2, -0.15) is 16.7 Å². The highest BCUT2D eigenvalue weighted by molar-refractivity contribution is 8.00. The molecule has 0 radical (unpaired) electrons. The fraction of sp³-hybridized carbons (Fsp3) is 0.549. The molecule has 0 spiro atoms. The van der Waals surface area contributed by atoms with E-state index in [1.165, 1.54) is 13.3 Å². The molecule has 4 aromatic rings. The predicted octanol–water partition coefficient (Wildman–Crippen LogP) is 7.83. The molecular formula is C51H65ClFN9O7S2. The monoisotopic (exact) mass is 1030 g/mol. The Morgan fingerprint density at radius 2 is 1.79 bits per heavy atom. The highest BCUT2D eigenvalue weighted by atomic mass is 35.5. The van der Waals surface area contributed by atoms with Crippen LogP contribution in [0.3, 0.4) is 0 Å². The summed E-state index contributed by atoms with van der Waals surface area (Å²) in [5.41, 5.74) is 3.93. The van der Waals surface area contributed by atoms with E-state index in [0.717, 1.165) is 53.1 Å². The number of benzene rings is 2. The van der Waals surface area contributed by atoms with Crippen molar-refractivity contribution in [1.82, 2.24) is 35.4 Å². The maximum Gasteiger partial charge on any atom is 0.258 e. The van der Waals surface area contributed by atoms with Crippen LogP contribution in [-0.2, 0) is 30.4 Å². The van der Waals surface area contributed by atoms with Crippen LogP contribution < -0.4 is 26.0 Å². The number of carbonyl (C=O) groups excluding carboxylic acids is 4. The van der Waals surface area contributed by atoms with Crippen LogP contribution in [0.15, 0.2) is 54.2 Å². The van der Waals surface area contributed by atoms with Gasteiger partial charge in [-0.3, -0.25) is 19.2 Å². The van der Waals surface area contributed by atoms with E-state index in [1.807, 2.05) is 50.5 Å². The number of halogens is 2. The number of thioether (sulfide) groups is 1. The van der Waals surface area contributed by atoms with Gasteiger partial charge in [0.1, 0.15) is 28.7 Å². The first-order chi connectivity index (χ1) is 34.1. The number of likely N-dealkylation sites (tertiary alicyclic amines) is 1. The van der Waals surface area contributed by atoms with Crippen LogP contribution >= 0.6 is 34.7 Å². The zero-order valence-corrected chi connectivity index (χ0v) is 43.5. The summed E-state index contributed by atoms with van der Waals surface area (Å²) in [6, 6.07) is 11.5. The van der Waals surface area contributed by atoms with Crippen molar-refractivity contribution in [2.45, 2.75) is 107 Å². The van der Waals surface area contributed by atoms with Gasteiger partial charge in [-0.15, -0.1) is 11.3 Å². The van der Waals surface area contributed by atoms with Gasteiger partial charge in [0.05, 0.1) is 54.4 Å². The lowest BCUT2D eigenvalue weighted by Gasteiger charge is -2.39. The van der Waals surface area contributed by atoms with Gasteiger partial charge >= 0.3 is 0 Å². The predicted molar refractivity (Wildman–Crippen MR) is 275 cm³/mol. The van der Waals surface area contributed by atoms with E-state index in [-0.39, 0.29) is 36.7 Å². The van der Waals surface area contributed by atoms with Crippen molar-refractivity contribution in [2.75, 3.05) is 70.0 Å². The molecule has 4 aliphatic rings. The summed E-state index contributed by atoms with van der Waals surface area (Å²) >= 11 is 9.35. The average molecular weight is 1030 g/mol. The van der Waals surface area contributed by atoms with Crippen LogP contribution in [-0.4, -0.2) is 136 Å². The molecule has 2 saturated heterocycles. The molecule has 2 aromatic carbocycles. The number of aromatic nitrogens is 3. The fourth-order valence-electron chi connectivity index (χ4n) is 9.44. The van der Waals surface area contributed by atoms with Gasteiger partial charge in [0, 0.05) is 50.1 Å². The van der Waals surface area contributed by atoms with E-state index in [4.69, 9.17) is 25.8 Å². The second-order valence-corrected chi connectivity index (χ2v) is 22.4. The molecule has 8 rings (SSSR count). The van der Waals surface area contributed by atoms with Crippen molar-refractivity contribution in [3.8, 4) is 16.2 Å². The number of nitrogens with one attached hydrogen (secondary N) is 4. The molecule has 382 valence electrons. The fourth-order valence-corrected chi connectivity index (χ4v) is 11.8. The maximum atomic E-state index is 15.1. The van der Waals surface area contributed by atoms with Crippen molar-refractivity contribution >= 4 is 75.8 Å². The normalized spacial score (nSPS) is 21.3. The number of amides is 4. The third-order valence-electron chi connectivity index (χ3n) is 14.0. The lowest BCUT2D eigenvalue weighted by atomic mass is 9.83. The SMILES string of the molecule is CNc1nc(Nc2ccc(C(=O)N3CCO[C@@H](COCC4CCC(CSC(C)(C)[C@H](NC(=O)C5(F)CC5)C(=O)N5CCC[C@H]5C(=O)NCc5ccc(-c6scnc6C)cc5)CC4)C3)cc2OC)ncc1Cl. The first-order valence-corrected chi connectivity index (χ1v) is 26.7. The molecule has 2 aromatic heterocycles. The van der Waals surface area contributed by atoms with E-state index < -0.39 is 28.4 Å². The van der Waals surface area contributed by atoms with Gasteiger partial charge in [0.2, 0.25) is 17.8 Å². The van der Waals surface area contributed by atoms with Crippen molar-refractivity contribution < 1.29 is 37.8 Å². The smallest absolute Gasteiger partial charge is 0.258 e. The molecular weight excluding hydrogens is 969 g/mol. The highest BCUT2D eigenvalue weighted by Crippen LogP contribution is 2.42.